The predicted octanol–water partition coefficient (Wildman–Crippen LogP) is 2.22. The van der Waals surface area contributed by atoms with Crippen molar-refractivity contribution in [3.8, 4) is 10.7 Å². The molecule has 2 heterocycles. The molecule has 0 amide bonds. The number of nitrogens with zero attached hydrogens (tertiary/aromatic N) is 4. The molecule has 80 valence electrons. The van der Waals surface area contributed by atoms with Gasteiger partial charge in [-0.05, 0) is 13.8 Å². The van der Waals surface area contributed by atoms with Gasteiger partial charge < -0.3 is 5.73 Å². The molecular weight excluding hydrogens is 234 g/mol. The molecule has 0 aliphatic carbocycles. The van der Waals surface area contributed by atoms with Gasteiger partial charge in [-0.3, -0.25) is 4.68 Å². The van der Waals surface area contributed by atoms with Gasteiger partial charge in [0.15, 0.2) is 5.01 Å². The van der Waals surface area contributed by atoms with Crippen LogP contribution in [0.4, 0.5) is 5.13 Å². The summed E-state index contributed by atoms with van der Waals surface area (Å²) in [4.78, 5) is 0. The van der Waals surface area contributed by atoms with Gasteiger partial charge in [-0.2, -0.15) is 5.10 Å². The Bertz CT molecular complexity index is 475. The standard InChI is InChI=1S/C8H10ClN5S/c1-4(2)14-6(5(9)3-11-14)7-12-13-8(10)15-7/h3-4H,1-2H3,(H2,10,13). The fourth-order valence-corrected chi connectivity index (χ4v) is 2.20. The van der Waals surface area contributed by atoms with Crippen molar-refractivity contribution in [2.24, 2.45) is 0 Å². The van der Waals surface area contributed by atoms with E-state index in [9.17, 15) is 0 Å². The monoisotopic (exact) mass is 243 g/mol. The van der Waals surface area contributed by atoms with Crippen LogP contribution in [0.3, 0.4) is 0 Å². The van der Waals surface area contributed by atoms with Crippen molar-refractivity contribution in [1.29, 1.82) is 0 Å². The molecule has 2 aromatic rings. The molecule has 0 aliphatic heterocycles. The summed E-state index contributed by atoms with van der Waals surface area (Å²) in [5.74, 6) is 0. The van der Waals surface area contributed by atoms with Gasteiger partial charge >= 0.3 is 0 Å². The van der Waals surface area contributed by atoms with E-state index in [-0.39, 0.29) is 6.04 Å². The third kappa shape index (κ3) is 1.82. The Balaban J connectivity index is 2.55. The van der Waals surface area contributed by atoms with Gasteiger partial charge in [0, 0.05) is 6.04 Å². The summed E-state index contributed by atoms with van der Waals surface area (Å²) >= 11 is 7.35. The van der Waals surface area contributed by atoms with Crippen LogP contribution in [0.1, 0.15) is 19.9 Å². The Labute approximate surface area is 95.9 Å². The summed E-state index contributed by atoms with van der Waals surface area (Å²) in [6, 6.07) is 0.220. The summed E-state index contributed by atoms with van der Waals surface area (Å²) < 4.78 is 1.81. The van der Waals surface area contributed by atoms with Crippen molar-refractivity contribution in [2.45, 2.75) is 19.9 Å². The quantitative estimate of drug-likeness (QED) is 0.878. The van der Waals surface area contributed by atoms with Crippen LogP contribution < -0.4 is 5.73 Å². The van der Waals surface area contributed by atoms with Gasteiger partial charge in [0.1, 0.15) is 5.69 Å². The highest BCUT2D eigenvalue weighted by Crippen LogP contribution is 2.32. The molecule has 0 fully saturated rings. The van der Waals surface area contributed by atoms with Crippen LogP contribution in [-0.4, -0.2) is 20.0 Å². The van der Waals surface area contributed by atoms with Crippen molar-refractivity contribution < 1.29 is 0 Å². The fraction of sp³-hybridized carbons (Fsp3) is 0.375. The van der Waals surface area contributed by atoms with Crippen molar-refractivity contribution in [2.75, 3.05) is 5.73 Å². The highest BCUT2D eigenvalue weighted by atomic mass is 35.5. The van der Waals surface area contributed by atoms with Crippen LogP contribution in [0.15, 0.2) is 6.20 Å². The maximum absolute atomic E-state index is 6.05. The molecule has 5 nitrogen and oxygen atoms in total. The minimum atomic E-state index is 0.220. The number of hydrogen-bond donors (Lipinski definition) is 1. The smallest absolute Gasteiger partial charge is 0.203 e. The van der Waals surface area contributed by atoms with E-state index in [2.05, 4.69) is 15.3 Å². The summed E-state index contributed by atoms with van der Waals surface area (Å²) in [7, 11) is 0. The highest BCUT2D eigenvalue weighted by molar-refractivity contribution is 7.18. The maximum atomic E-state index is 6.05. The van der Waals surface area contributed by atoms with Gasteiger partial charge in [-0.1, -0.05) is 22.9 Å². The minimum Gasteiger partial charge on any atom is -0.374 e. The largest absolute Gasteiger partial charge is 0.374 e. The second-order valence-electron chi connectivity index (χ2n) is 3.32. The number of rotatable bonds is 2. The lowest BCUT2D eigenvalue weighted by molar-refractivity contribution is 0.538. The van der Waals surface area contributed by atoms with E-state index in [1.54, 1.807) is 6.20 Å². The van der Waals surface area contributed by atoms with E-state index in [1.165, 1.54) is 11.3 Å². The molecule has 0 spiro atoms. The summed E-state index contributed by atoms with van der Waals surface area (Å²) in [6.07, 6.45) is 1.61. The Hall–Kier alpha value is -1.14. The van der Waals surface area contributed by atoms with E-state index in [1.807, 2.05) is 18.5 Å². The average Bonchev–Trinajstić information content (AvgIpc) is 2.71. The van der Waals surface area contributed by atoms with Crippen LogP contribution in [-0.2, 0) is 0 Å². The Morgan fingerprint density at radius 3 is 2.73 bits per heavy atom. The molecule has 2 aromatic heterocycles. The molecule has 15 heavy (non-hydrogen) atoms. The zero-order chi connectivity index (χ0) is 11.0. The van der Waals surface area contributed by atoms with Crippen molar-refractivity contribution in [1.82, 2.24) is 20.0 Å². The lowest BCUT2D eigenvalue weighted by Gasteiger charge is -2.08. The first-order chi connectivity index (χ1) is 7.09. The molecule has 0 atom stereocenters. The second-order valence-corrected chi connectivity index (χ2v) is 4.74. The van der Waals surface area contributed by atoms with E-state index in [0.717, 1.165) is 5.69 Å². The zero-order valence-corrected chi connectivity index (χ0v) is 9.88. The molecule has 0 radical (unpaired) electrons. The Kier molecular flexibility index (Phi) is 2.62. The lowest BCUT2D eigenvalue weighted by Crippen LogP contribution is -2.04. The number of nitrogen functional groups attached to an aromatic ring is 1. The molecular formula is C8H10ClN5S. The van der Waals surface area contributed by atoms with E-state index >= 15 is 0 Å². The number of halogens is 1. The first-order valence-corrected chi connectivity index (χ1v) is 5.61. The summed E-state index contributed by atoms with van der Waals surface area (Å²) in [5.41, 5.74) is 6.31. The molecule has 0 unspecified atom stereocenters. The molecule has 2 rings (SSSR count). The molecule has 0 aliphatic rings. The molecule has 0 saturated heterocycles. The van der Waals surface area contributed by atoms with Crippen LogP contribution >= 0.6 is 22.9 Å². The van der Waals surface area contributed by atoms with Gasteiger partial charge in [0.05, 0.1) is 11.2 Å². The van der Waals surface area contributed by atoms with Crippen LogP contribution in [0, 0.1) is 0 Å². The molecule has 0 aromatic carbocycles. The van der Waals surface area contributed by atoms with Gasteiger partial charge in [-0.25, -0.2) is 0 Å². The van der Waals surface area contributed by atoms with Gasteiger partial charge in [-0.15, -0.1) is 10.2 Å². The second kappa shape index (κ2) is 3.79. The Morgan fingerprint density at radius 2 is 2.20 bits per heavy atom. The third-order valence-corrected chi connectivity index (χ3v) is 2.92. The fourth-order valence-electron chi connectivity index (χ4n) is 1.26. The van der Waals surface area contributed by atoms with Gasteiger partial charge in [0.25, 0.3) is 0 Å². The first kappa shape index (κ1) is 10.4. The van der Waals surface area contributed by atoms with E-state index in [4.69, 9.17) is 17.3 Å². The SMILES string of the molecule is CC(C)n1ncc(Cl)c1-c1nnc(N)s1. The van der Waals surface area contributed by atoms with E-state index < -0.39 is 0 Å². The first-order valence-electron chi connectivity index (χ1n) is 4.42. The zero-order valence-electron chi connectivity index (χ0n) is 8.31. The summed E-state index contributed by atoms with van der Waals surface area (Å²) in [5, 5.41) is 13.6. The molecule has 0 bridgehead atoms. The van der Waals surface area contributed by atoms with Crippen molar-refractivity contribution in [3.63, 3.8) is 0 Å². The van der Waals surface area contributed by atoms with Crippen molar-refractivity contribution in [3.05, 3.63) is 11.2 Å². The normalized spacial score (nSPS) is 11.2. The topological polar surface area (TPSA) is 69.6 Å². The Morgan fingerprint density at radius 1 is 1.47 bits per heavy atom. The summed E-state index contributed by atoms with van der Waals surface area (Å²) in [6.45, 7) is 4.05. The van der Waals surface area contributed by atoms with Crippen LogP contribution in [0.25, 0.3) is 10.7 Å². The lowest BCUT2D eigenvalue weighted by atomic mass is 10.3. The molecule has 7 heteroatoms. The third-order valence-electron chi connectivity index (χ3n) is 1.88. The number of nitrogens with two attached hydrogens (primary N) is 1. The number of aromatic nitrogens is 4. The van der Waals surface area contributed by atoms with Crippen molar-refractivity contribution >= 4 is 28.1 Å². The average molecular weight is 244 g/mol. The van der Waals surface area contributed by atoms with Crippen LogP contribution in [0.5, 0.6) is 0 Å². The van der Waals surface area contributed by atoms with E-state index in [0.29, 0.717) is 15.2 Å². The number of anilines is 1. The molecule has 2 N–H and O–H groups in total. The molecule has 0 saturated carbocycles. The van der Waals surface area contributed by atoms with Crippen LogP contribution in [0.2, 0.25) is 5.02 Å². The highest BCUT2D eigenvalue weighted by Gasteiger charge is 2.17. The number of hydrogen-bond acceptors (Lipinski definition) is 5. The predicted molar refractivity (Wildman–Crippen MR) is 60.9 cm³/mol. The minimum absolute atomic E-state index is 0.220. The van der Waals surface area contributed by atoms with Gasteiger partial charge in [0.2, 0.25) is 5.13 Å². The maximum Gasteiger partial charge on any atom is 0.203 e.